The number of nitrogens with one attached hydrogen (secondary N) is 1. The van der Waals surface area contributed by atoms with Gasteiger partial charge < -0.3 is 10.1 Å². The number of rotatable bonds is 5. The monoisotopic (exact) mass is 232 g/mol. The van der Waals surface area contributed by atoms with Crippen LogP contribution in [0.15, 0.2) is 30.6 Å². The fraction of sp³-hybridized carbons (Fsp3) is 0.333. The highest BCUT2D eigenvalue weighted by Gasteiger charge is 1.98. The quantitative estimate of drug-likeness (QED) is 0.848. The molecule has 2 aromatic rings. The van der Waals surface area contributed by atoms with Crippen LogP contribution in [0.2, 0.25) is 0 Å². The number of methoxy groups -OCH3 is 1. The van der Waals surface area contributed by atoms with Crippen LogP contribution in [0.25, 0.3) is 0 Å². The van der Waals surface area contributed by atoms with Gasteiger partial charge in [-0.05, 0) is 12.1 Å². The van der Waals surface area contributed by atoms with Crippen molar-refractivity contribution in [2.75, 3.05) is 19.0 Å². The molecule has 0 amide bonds. The van der Waals surface area contributed by atoms with Gasteiger partial charge in [0, 0.05) is 44.2 Å². The zero-order chi connectivity index (χ0) is 12.1. The van der Waals surface area contributed by atoms with Crippen molar-refractivity contribution in [1.29, 1.82) is 0 Å². The van der Waals surface area contributed by atoms with Crippen LogP contribution in [0, 0.1) is 0 Å². The number of hydrogen-bond acceptors (Lipinski definition) is 4. The van der Waals surface area contributed by atoms with Crippen LogP contribution in [0.1, 0.15) is 5.69 Å². The highest BCUT2D eigenvalue weighted by Crippen LogP contribution is 2.13. The number of aromatic nitrogens is 3. The third-order valence-electron chi connectivity index (χ3n) is 2.42. The molecule has 2 rings (SSSR count). The average molecular weight is 232 g/mol. The van der Waals surface area contributed by atoms with Gasteiger partial charge in [0.1, 0.15) is 0 Å². The van der Waals surface area contributed by atoms with Gasteiger partial charge in [-0.3, -0.25) is 4.68 Å². The van der Waals surface area contributed by atoms with E-state index in [1.165, 1.54) is 0 Å². The molecule has 1 N–H and O–H groups in total. The zero-order valence-corrected chi connectivity index (χ0v) is 10.1. The Hall–Kier alpha value is -2.04. The SMILES string of the molecule is COc1cc(NCCc2ccn(C)n2)ccn1. The Kier molecular flexibility index (Phi) is 3.59. The standard InChI is InChI=1S/C12H16N4O/c1-16-8-5-10(15-16)3-6-13-11-4-7-14-12(9-11)17-2/h4-5,7-9H,3,6H2,1-2H3,(H,13,14). The van der Waals surface area contributed by atoms with E-state index in [2.05, 4.69) is 15.4 Å². The number of nitrogens with zero attached hydrogens (tertiary/aromatic N) is 3. The molecule has 2 aromatic heterocycles. The van der Waals surface area contributed by atoms with Gasteiger partial charge in [-0.2, -0.15) is 5.10 Å². The highest BCUT2D eigenvalue weighted by atomic mass is 16.5. The summed E-state index contributed by atoms with van der Waals surface area (Å²) in [5.41, 5.74) is 2.09. The molecule has 0 spiro atoms. The van der Waals surface area contributed by atoms with Crippen LogP contribution < -0.4 is 10.1 Å². The van der Waals surface area contributed by atoms with Crippen molar-refractivity contribution < 1.29 is 4.74 Å². The molecule has 0 saturated heterocycles. The first-order valence-electron chi connectivity index (χ1n) is 5.50. The third kappa shape index (κ3) is 3.21. The maximum absolute atomic E-state index is 5.06. The van der Waals surface area contributed by atoms with Gasteiger partial charge in [0.15, 0.2) is 0 Å². The molecular weight excluding hydrogens is 216 g/mol. The number of hydrogen-bond donors (Lipinski definition) is 1. The molecular formula is C12H16N4O. The Morgan fingerprint density at radius 2 is 2.29 bits per heavy atom. The first-order valence-corrected chi connectivity index (χ1v) is 5.50. The zero-order valence-electron chi connectivity index (χ0n) is 10.1. The van der Waals surface area contributed by atoms with E-state index in [0.717, 1.165) is 24.3 Å². The van der Waals surface area contributed by atoms with E-state index in [-0.39, 0.29) is 0 Å². The fourth-order valence-corrected chi connectivity index (χ4v) is 1.56. The largest absolute Gasteiger partial charge is 0.481 e. The molecule has 0 unspecified atom stereocenters. The molecule has 0 aliphatic heterocycles. The Labute approximate surface area is 100 Å². The number of anilines is 1. The molecule has 17 heavy (non-hydrogen) atoms. The van der Waals surface area contributed by atoms with E-state index < -0.39 is 0 Å². The second-order valence-corrected chi connectivity index (χ2v) is 3.74. The predicted octanol–water partition coefficient (Wildman–Crippen LogP) is 1.48. The van der Waals surface area contributed by atoms with E-state index in [9.17, 15) is 0 Å². The first kappa shape index (κ1) is 11.4. The van der Waals surface area contributed by atoms with Crippen LogP contribution >= 0.6 is 0 Å². The molecule has 0 bridgehead atoms. The van der Waals surface area contributed by atoms with Crippen LogP contribution in [0.3, 0.4) is 0 Å². The van der Waals surface area contributed by atoms with E-state index >= 15 is 0 Å². The lowest BCUT2D eigenvalue weighted by atomic mass is 10.3. The van der Waals surface area contributed by atoms with E-state index in [1.807, 2.05) is 36.1 Å². The molecule has 0 atom stereocenters. The van der Waals surface area contributed by atoms with Crippen LogP contribution in [-0.2, 0) is 13.5 Å². The number of ether oxygens (including phenoxy) is 1. The summed E-state index contributed by atoms with van der Waals surface area (Å²) in [6.07, 6.45) is 4.57. The second-order valence-electron chi connectivity index (χ2n) is 3.74. The number of aryl methyl sites for hydroxylation is 1. The summed E-state index contributed by atoms with van der Waals surface area (Å²) in [6.45, 7) is 0.837. The average Bonchev–Trinajstić information content (AvgIpc) is 2.75. The van der Waals surface area contributed by atoms with Crippen molar-refractivity contribution in [2.24, 2.45) is 7.05 Å². The summed E-state index contributed by atoms with van der Waals surface area (Å²) in [5, 5.41) is 7.62. The summed E-state index contributed by atoms with van der Waals surface area (Å²) in [6, 6.07) is 5.81. The van der Waals surface area contributed by atoms with Gasteiger partial charge in [0.2, 0.25) is 5.88 Å². The van der Waals surface area contributed by atoms with Gasteiger partial charge in [0.25, 0.3) is 0 Å². The van der Waals surface area contributed by atoms with Crippen molar-refractivity contribution in [1.82, 2.24) is 14.8 Å². The van der Waals surface area contributed by atoms with Gasteiger partial charge in [-0.25, -0.2) is 4.98 Å². The minimum absolute atomic E-state index is 0.618. The molecule has 5 nitrogen and oxygen atoms in total. The Balaban J connectivity index is 1.85. The van der Waals surface area contributed by atoms with Gasteiger partial charge in [-0.1, -0.05) is 0 Å². The van der Waals surface area contributed by atoms with Crippen molar-refractivity contribution >= 4 is 5.69 Å². The number of pyridine rings is 1. The van der Waals surface area contributed by atoms with Crippen LogP contribution in [0.4, 0.5) is 5.69 Å². The molecule has 0 aromatic carbocycles. The van der Waals surface area contributed by atoms with Crippen LogP contribution in [0.5, 0.6) is 5.88 Å². The highest BCUT2D eigenvalue weighted by molar-refractivity contribution is 5.44. The second kappa shape index (κ2) is 5.34. The molecule has 0 aliphatic carbocycles. The topological polar surface area (TPSA) is 52.0 Å². The summed E-state index contributed by atoms with van der Waals surface area (Å²) < 4.78 is 6.87. The van der Waals surface area contributed by atoms with Gasteiger partial charge in [-0.15, -0.1) is 0 Å². The Bertz CT molecular complexity index is 481. The van der Waals surface area contributed by atoms with E-state index in [4.69, 9.17) is 4.74 Å². The molecule has 0 fully saturated rings. The van der Waals surface area contributed by atoms with E-state index in [0.29, 0.717) is 5.88 Å². The lowest BCUT2D eigenvalue weighted by Gasteiger charge is -2.06. The maximum atomic E-state index is 5.06. The smallest absolute Gasteiger partial charge is 0.214 e. The summed E-state index contributed by atoms with van der Waals surface area (Å²) in [5.74, 6) is 0.618. The van der Waals surface area contributed by atoms with Crippen molar-refractivity contribution in [3.63, 3.8) is 0 Å². The Morgan fingerprint density at radius 3 is 3.00 bits per heavy atom. The molecule has 0 radical (unpaired) electrons. The summed E-state index contributed by atoms with van der Waals surface area (Å²) in [7, 11) is 3.53. The molecule has 2 heterocycles. The van der Waals surface area contributed by atoms with Gasteiger partial charge >= 0.3 is 0 Å². The molecule has 0 saturated carbocycles. The minimum Gasteiger partial charge on any atom is -0.481 e. The van der Waals surface area contributed by atoms with Crippen molar-refractivity contribution in [3.8, 4) is 5.88 Å². The predicted molar refractivity (Wildman–Crippen MR) is 66.2 cm³/mol. The minimum atomic E-state index is 0.618. The lowest BCUT2D eigenvalue weighted by molar-refractivity contribution is 0.398. The lowest BCUT2D eigenvalue weighted by Crippen LogP contribution is -2.06. The molecule has 5 heteroatoms. The molecule has 0 aliphatic rings. The summed E-state index contributed by atoms with van der Waals surface area (Å²) in [4.78, 5) is 4.05. The first-order chi connectivity index (χ1) is 8.28. The normalized spacial score (nSPS) is 10.2. The fourth-order valence-electron chi connectivity index (χ4n) is 1.56. The van der Waals surface area contributed by atoms with Crippen molar-refractivity contribution in [2.45, 2.75) is 6.42 Å². The van der Waals surface area contributed by atoms with Gasteiger partial charge in [0.05, 0.1) is 12.8 Å². The maximum Gasteiger partial charge on any atom is 0.214 e. The summed E-state index contributed by atoms with van der Waals surface area (Å²) >= 11 is 0. The Morgan fingerprint density at radius 1 is 1.41 bits per heavy atom. The van der Waals surface area contributed by atoms with Crippen LogP contribution in [-0.4, -0.2) is 28.4 Å². The molecule has 90 valence electrons. The third-order valence-corrected chi connectivity index (χ3v) is 2.42. The van der Waals surface area contributed by atoms with E-state index in [1.54, 1.807) is 13.3 Å². The van der Waals surface area contributed by atoms with Crippen molar-refractivity contribution in [3.05, 3.63) is 36.3 Å².